The molecule has 0 radical (unpaired) electrons. The van der Waals surface area contributed by atoms with Crippen molar-refractivity contribution in [3.8, 4) is 17.2 Å². The summed E-state index contributed by atoms with van der Waals surface area (Å²) in [5, 5.41) is 0. The van der Waals surface area contributed by atoms with Gasteiger partial charge in [0.05, 0.1) is 42.2 Å². The van der Waals surface area contributed by atoms with E-state index in [-0.39, 0.29) is 23.6 Å². The summed E-state index contributed by atoms with van der Waals surface area (Å²) in [6.45, 7) is 6.25. The number of aromatic nitrogens is 1. The third-order valence-corrected chi connectivity index (χ3v) is 7.80. The first kappa shape index (κ1) is 29.8. The number of hydrogen-bond donors (Lipinski definition) is 0. The molecule has 222 valence electrons. The number of methoxy groups -OCH3 is 1. The summed E-state index contributed by atoms with van der Waals surface area (Å²) >= 11 is 1.25. The molecule has 43 heavy (non-hydrogen) atoms. The summed E-state index contributed by atoms with van der Waals surface area (Å²) in [7, 11) is 1.55. The van der Waals surface area contributed by atoms with Crippen LogP contribution in [-0.2, 0) is 16.1 Å². The summed E-state index contributed by atoms with van der Waals surface area (Å²) in [6.07, 6.45) is 1.79. The van der Waals surface area contributed by atoms with Gasteiger partial charge in [0.1, 0.15) is 18.2 Å². The zero-order valence-corrected chi connectivity index (χ0v) is 25.1. The lowest BCUT2D eigenvalue weighted by molar-refractivity contribution is -0.139. The predicted octanol–water partition coefficient (Wildman–Crippen LogP) is 4.92. The van der Waals surface area contributed by atoms with E-state index < -0.39 is 12.0 Å². The summed E-state index contributed by atoms with van der Waals surface area (Å²) in [4.78, 5) is 32.2. The Morgan fingerprint density at radius 3 is 2.42 bits per heavy atom. The van der Waals surface area contributed by atoms with Crippen molar-refractivity contribution in [2.45, 2.75) is 33.4 Å². The van der Waals surface area contributed by atoms with Gasteiger partial charge in [-0.2, -0.15) is 0 Å². The quantitative estimate of drug-likeness (QED) is 0.240. The third-order valence-electron chi connectivity index (χ3n) is 6.82. The average Bonchev–Trinajstić information content (AvgIpc) is 3.30. The van der Waals surface area contributed by atoms with E-state index in [0.29, 0.717) is 51.1 Å². The highest BCUT2D eigenvalue weighted by atomic mass is 32.1. The number of benzene rings is 3. The lowest BCUT2D eigenvalue weighted by Gasteiger charge is -2.25. The lowest BCUT2D eigenvalue weighted by atomic mass is 9.95. The van der Waals surface area contributed by atoms with Gasteiger partial charge in [-0.1, -0.05) is 41.7 Å². The zero-order valence-electron chi connectivity index (χ0n) is 24.3. The Labute approximate surface area is 252 Å². The summed E-state index contributed by atoms with van der Waals surface area (Å²) in [5.74, 6) is 0.859. The Morgan fingerprint density at radius 2 is 1.74 bits per heavy atom. The van der Waals surface area contributed by atoms with Gasteiger partial charge in [-0.3, -0.25) is 9.36 Å². The molecule has 4 aromatic rings. The topological polar surface area (TPSA) is 88.4 Å². The molecule has 0 fully saturated rings. The lowest BCUT2D eigenvalue weighted by Crippen LogP contribution is -2.40. The van der Waals surface area contributed by atoms with Crippen LogP contribution in [0.2, 0.25) is 0 Å². The van der Waals surface area contributed by atoms with Crippen LogP contribution in [0, 0.1) is 5.82 Å². The molecule has 1 aromatic heterocycles. The summed E-state index contributed by atoms with van der Waals surface area (Å²) in [5.41, 5.74) is 2.79. The Hall–Kier alpha value is -4.70. The molecule has 0 N–H and O–H groups in total. The number of halogens is 1. The number of carbonyl (C=O) groups excluding carboxylic acids is 1. The molecule has 8 nitrogen and oxygen atoms in total. The molecule has 2 heterocycles. The Kier molecular flexibility index (Phi) is 9.06. The molecule has 0 aliphatic carbocycles. The van der Waals surface area contributed by atoms with Crippen molar-refractivity contribution in [3.63, 3.8) is 0 Å². The number of allylic oxidation sites excluding steroid dienone is 1. The largest absolute Gasteiger partial charge is 0.493 e. The highest BCUT2D eigenvalue weighted by Gasteiger charge is 2.34. The minimum atomic E-state index is -0.773. The molecular weight excluding hydrogens is 571 g/mol. The highest BCUT2D eigenvalue weighted by Crippen LogP contribution is 2.36. The minimum absolute atomic E-state index is 0.184. The van der Waals surface area contributed by atoms with Gasteiger partial charge in [-0.05, 0) is 79.9 Å². The van der Waals surface area contributed by atoms with Crippen LogP contribution in [0.15, 0.2) is 87.8 Å². The monoisotopic (exact) mass is 602 g/mol. The first-order valence-corrected chi connectivity index (χ1v) is 14.6. The number of esters is 1. The molecule has 1 aliphatic rings. The third kappa shape index (κ3) is 6.39. The van der Waals surface area contributed by atoms with Gasteiger partial charge in [-0.15, -0.1) is 0 Å². The smallest absolute Gasteiger partial charge is 0.338 e. The molecule has 5 rings (SSSR count). The van der Waals surface area contributed by atoms with Crippen molar-refractivity contribution in [3.05, 3.63) is 120 Å². The van der Waals surface area contributed by atoms with Crippen LogP contribution in [0.1, 0.15) is 43.5 Å². The molecule has 10 heteroatoms. The van der Waals surface area contributed by atoms with Crippen LogP contribution >= 0.6 is 11.3 Å². The van der Waals surface area contributed by atoms with Crippen molar-refractivity contribution in [1.29, 1.82) is 0 Å². The van der Waals surface area contributed by atoms with E-state index >= 15 is 0 Å². The maximum Gasteiger partial charge on any atom is 0.338 e. The number of rotatable bonds is 10. The average molecular weight is 603 g/mol. The number of ether oxygens (including phenoxy) is 4. The van der Waals surface area contributed by atoms with E-state index in [1.165, 1.54) is 28.0 Å². The Bertz CT molecular complexity index is 1840. The second-order valence-electron chi connectivity index (χ2n) is 9.63. The zero-order chi connectivity index (χ0) is 30.5. The first-order chi connectivity index (χ1) is 20.8. The van der Waals surface area contributed by atoms with Gasteiger partial charge in [0.25, 0.3) is 5.56 Å². The van der Waals surface area contributed by atoms with Crippen LogP contribution in [0.5, 0.6) is 17.2 Å². The van der Waals surface area contributed by atoms with Gasteiger partial charge >= 0.3 is 5.97 Å². The number of hydrogen-bond acceptors (Lipinski definition) is 8. The fourth-order valence-electron chi connectivity index (χ4n) is 4.80. The van der Waals surface area contributed by atoms with Crippen LogP contribution in [0.3, 0.4) is 0 Å². The molecule has 1 aliphatic heterocycles. The van der Waals surface area contributed by atoms with E-state index in [9.17, 15) is 14.0 Å². The van der Waals surface area contributed by atoms with Crippen LogP contribution in [0.4, 0.5) is 4.39 Å². The molecule has 1 atom stereocenters. The summed E-state index contributed by atoms with van der Waals surface area (Å²) in [6, 6.07) is 18.0. The van der Waals surface area contributed by atoms with Crippen molar-refractivity contribution >= 4 is 23.4 Å². The van der Waals surface area contributed by atoms with Crippen LogP contribution in [-0.4, -0.2) is 30.9 Å². The minimum Gasteiger partial charge on any atom is -0.493 e. The number of carbonyl (C=O) groups is 1. The van der Waals surface area contributed by atoms with Gasteiger partial charge in [0.2, 0.25) is 0 Å². The molecule has 0 amide bonds. The Balaban J connectivity index is 1.52. The van der Waals surface area contributed by atoms with Crippen LogP contribution in [0.25, 0.3) is 6.08 Å². The fraction of sp³-hybridized carbons (Fsp3) is 0.242. The van der Waals surface area contributed by atoms with Gasteiger partial charge in [0, 0.05) is 0 Å². The number of thiazole rings is 1. The van der Waals surface area contributed by atoms with E-state index in [1.807, 2.05) is 37.3 Å². The maximum absolute atomic E-state index is 13.9. The van der Waals surface area contributed by atoms with E-state index in [2.05, 4.69) is 4.99 Å². The summed E-state index contributed by atoms with van der Waals surface area (Å²) < 4.78 is 37.6. The number of fused-ring (bicyclic) bond motifs is 1. The molecule has 0 spiro atoms. The van der Waals surface area contributed by atoms with Gasteiger partial charge < -0.3 is 18.9 Å². The SMILES string of the molecule is CCOC(=O)C1=C(C)N=c2s/c(=C\c3ccc(OCc4ccc(F)cc4)cc3)c(=O)n2[C@H]1c1ccc(OC)c(OCC)c1. The van der Waals surface area contributed by atoms with Crippen molar-refractivity contribution < 1.29 is 28.1 Å². The van der Waals surface area contributed by atoms with Gasteiger partial charge in [-0.25, -0.2) is 14.2 Å². The Morgan fingerprint density at radius 1 is 1.00 bits per heavy atom. The maximum atomic E-state index is 13.9. The molecule has 3 aromatic carbocycles. The van der Waals surface area contributed by atoms with Gasteiger partial charge in [0.15, 0.2) is 16.3 Å². The second kappa shape index (κ2) is 13.1. The standard InChI is InChI=1S/C33H31FN2O6S/c1-5-40-27-18-23(11-16-26(27)39-4)30-29(32(38)41-6-2)20(3)35-33-36(30)31(37)28(43-33)17-21-9-14-25(15-10-21)42-19-22-7-12-24(34)13-8-22/h7-18,30H,5-6,19H2,1-4H3/b28-17-/t30-/m0/s1. The van der Waals surface area contributed by atoms with E-state index in [4.69, 9.17) is 18.9 Å². The normalized spacial score (nSPS) is 14.6. The second-order valence-corrected chi connectivity index (χ2v) is 10.6. The van der Waals surface area contributed by atoms with Crippen molar-refractivity contribution in [2.24, 2.45) is 4.99 Å². The van der Waals surface area contributed by atoms with E-state index in [1.54, 1.807) is 51.3 Å². The molecule has 0 saturated carbocycles. The fourth-order valence-corrected chi connectivity index (χ4v) is 5.84. The number of nitrogens with zero attached hydrogens (tertiary/aromatic N) is 2. The van der Waals surface area contributed by atoms with Crippen LogP contribution < -0.4 is 29.1 Å². The van der Waals surface area contributed by atoms with Crippen molar-refractivity contribution in [2.75, 3.05) is 20.3 Å². The van der Waals surface area contributed by atoms with E-state index in [0.717, 1.165) is 11.1 Å². The highest BCUT2D eigenvalue weighted by molar-refractivity contribution is 7.07. The van der Waals surface area contributed by atoms with Crippen molar-refractivity contribution in [1.82, 2.24) is 4.57 Å². The first-order valence-electron chi connectivity index (χ1n) is 13.8. The predicted molar refractivity (Wildman–Crippen MR) is 162 cm³/mol. The molecule has 0 saturated heterocycles. The molecular formula is C33H31FN2O6S. The molecule has 0 unspecified atom stereocenters. The molecule has 0 bridgehead atoms.